The molecular formula is C22H32N4O5. The van der Waals surface area contributed by atoms with E-state index >= 15 is 0 Å². The Labute approximate surface area is 182 Å². The molecule has 0 aromatic heterocycles. The Balaban J connectivity index is 2.07. The summed E-state index contributed by atoms with van der Waals surface area (Å²) < 4.78 is 0. The SMILES string of the molecule is CC(NC(=O)C1CCCN1)C(=O)NC(Cc1ccccc1)C(=O)NC(C(=O)O)C(C)C. The van der Waals surface area contributed by atoms with Crippen LogP contribution in [0.3, 0.4) is 0 Å². The number of carboxylic acids is 1. The molecule has 1 fully saturated rings. The van der Waals surface area contributed by atoms with Gasteiger partial charge in [-0.1, -0.05) is 44.2 Å². The van der Waals surface area contributed by atoms with Crippen LogP contribution in [0.4, 0.5) is 0 Å². The van der Waals surface area contributed by atoms with Crippen LogP contribution in [-0.4, -0.2) is 59.5 Å². The lowest BCUT2D eigenvalue weighted by Gasteiger charge is -2.25. The number of carbonyl (C=O) groups excluding carboxylic acids is 3. The van der Waals surface area contributed by atoms with E-state index in [9.17, 15) is 24.3 Å². The van der Waals surface area contributed by atoms with Crippen molar-refractivity contribution in [2.24, 2.45) is 5.92 Å². The Morgan fingerprint density at radius 2 is 1.71 bits per heavy atom. The highest BCUT2D eigenvalue weighted by Crippen LogP contribution is 2.08. The van der Waals surface area contributed by atoms with Gasteiger partial charge in [0.2, 0.25) is 17.7 Å². The van der Waals surface area contributed by atoms with Crippen molar-refractivity contribution in [3.63, 3.8) is 0 Å². The Morgan fingerprint density at radius 1 is 1.03 bits per heavy atom. The highest BCUT2D eigenvalue weighted by molar-refractivity contribution is 5.94. The first-order valence-electron chi connectivity index (χ1n) is 10.6. The summed E-state index contributed by atoms with van der Waals surface area (Å²) in [4.78, 5) is 49.3. The minimum Gasteiger partial charge on any atom is -0.480 e. The van der Waals surface area contributed by atoms with E-state index in [0.717, 1.165) is 18.5 Å². The Morgan fingerprint density at radius 3 is 2.26 bits per heavy atom. The Bertz CT molecular complexity index is 777. The summed E-state index contributed by atoms with van der Waals surface area (Å²) >= 11 is 0. The van der Waals surface area contributed by atoms with Gasteiger partial charge in [-0.15, -0.1) is 0 Å². The number of hydrogen-bond donors (Lipinski definition) is 5. The third-order valence-corrected chi connectivity index (χ3v) is 5.27. The average Bonchev–Trinajstić information content (AvgIpc) is 3.26. The maximum Gasteiger partial charge on any atom is 0.326 e. The molecule has 1 aromatic rings. The number of hydrogen-bond acceptors (Lipinski definition) is 5. The molecule has 4 unspecified atom stereocenters. The molecule has 9 nitrogen and oxygen atoms in total. The first-order valence-corrected chi connectivity index (χ1v) is 10.6. The van der Waals surface area contributed by atoms with Gasteiger partial charge in [-0.25, -0.2) is 4.79 Å². The molecule has 2 rings (SSSR count). The van der Waals surface area contributed by atoms with Gasteiger partial charge in [-0.3, -0.25) is 14.4 Å². The number of carboxylic acid groups (broad SMARTS) is 1. The molecular weight excluding hydrogens is 400 g/mol. The molecule has 0 bridgehead atoms. The van der Waals surface area contributed by atoms with Crippen LogP contribution in [0.15, 0.2) is 30.3 Å². The zero-order valence-electron chi connectivity index (χ0n) is 18.2. The molecule has 31 heavy (non-hydrogen) atoms. The number of benzene rings is 1. The van der Waals surface area contributed by atoms with E-state index in [-0.39, 0.29) is 24.3 Å². The van der Waals surface area contributed by atoms with Crippen molar-refractivity contribution in [1.82, 2.24) is 21.3 Å². The number of nitrogens with one attached hydrogen (secondary N) is 4. The van der Waals surface area contributed by atoms with Crippen molar-refractivity contribution >= 4 is 23.7 Å². The largest absolute Gasteiger partial charge is 0.480 e. The summed E-state index contributed by atoms with van der Waals surface area (Å²) in [6.07, 6.45) is 1.80. The van der Waals surface area contributed by atoms with Crippen LogP contribution in [0.2, 0.25) is 0 Å². The second-order valence-electron chi connectivity index (χ2n) is 8.20. The van der Waals surface area contributed by atoms with E-state index in [4.69, 9.17) is 0 Å². The highest BCUT2D eigenvalue weighted by atomic mass is 16.4. The smallest absolute Gasteiger partial charge is 0.326 e. The normalized spacial score (nSPS) is 18.6. The van der Waals surface area contributed by atoms with E-state index in [1.165, 1.54) is 0 Å². The lowest BCUT2D eigenvalue weighted by molar-refractivity contribution is -0.143. The number of aliphatic carboxylic acids is 1. The van der Waals surface area contributed by atoms with Crippen LogP contribution < -0.4 is 21.3 Å². The fraction of sp³-hybridized carbons (Fsp3) is 0.545. The highest BCUT2D eigenvalue weighted by Gasteiger charge is 2.31. The summed E-state index contributed by atoms with van der Waals surface area (Å²) in [6, 6.07) is 5.89. The quantitative estimate of drug-likeness (QED) is 0.358. The van der Waals surface area contributed by atoms with E-state index in [1.807, 2.05) is 30.3 Å². The first kappa shape index (κ1) is 24.3. The molecule has 1 saturated heterocycles. The fourth-order valence-corrected chi connectivity index (χ4v) is 3.41. The van der Waals surface area contributed by atoms with Gasteiger partial charge in [0, 0.05) is 6.42 Å². The van der Waals surface area contributed by atoms with Crippen molar-refractivity contribution in [1.29, 1.82) is 0 Å². The van der Waals surface area contributed by atoms with Crippen molar-refractivity contribution in [2.75, 3.05) is 6.54 Å². The third-order valence-electron chi connectivity index (χ3n) is 5.27. The van der Waals surface area contributed by atoms with E-state index < -0.39 is 35.9 Å². The Hall–Kier alpha value is -2.94. The van der Waals surface area contributed by atoms with Crippen LogP contribution in [0, 0.1) is 5.92 Å². The topological polar surface area (TPSA) is 137 Å². The van der Waals surface area contributed by atoms with Gasteiger partial charge in [0.15, 0.2) is 0 Å². The molecule has 170 valence electrons. The van der Waals surface area contributed by atoms with Gasteiger partial charge in [-0.05, 0) is 37.8 Å². The lowest BCUT2D eigenvalue weighted by atomic mass is 10.0. The van der Waals surface area contributed by atoms with Gasteiger partial charge in [0.05, 0.1) is 6.04 Å². The molecule has 1 heterocycles. The van der Waals surface area contributed by atoms with Crippen molar-refractivity contribution in [3.05, 3.63) is 35.9 Å². The first-order chi connectivity index (χ1) is 14.7. The Kier molecular flexibility index (Phi) is 8.99. The molecule has 0 radical (unpaired) electrons. The van der Waals surface area contributed by atoms with E-state index in [0.29, 0.717) is 6.42 Å². The van der Waals surface area contributed by atoms with Crippen LogP contribution in [0.1, 0.15) is 39.2 Å². The zero-order chi connectivity index (χ0) is 23.0. The maximum absolute atomic E-state index is 12.9. The molecule has 1 aliphatic rings. The summed E-state index contributed by atoms with van der Waals surface area (Å²) in [6.45, 7) is 5.70. The lowest BCUT2D eigenvalue weighted by Crippen LogP contribution is -2.57. The minimum absolute atomic E-state index is 0.188. The monoisotopic (exact) mass is 432 g/mol. The number of carbonyl (C=O) groups is 4. The predicted octanol–water partition coefficient (Wildman–Crippen LogP) is 0.196. The number of amides is 3. The molecule has 0 spiro atoms. The van der Waals surface area contributed by atoms with Crippen LogP contribution in [-0.2, 0) is 25.6 Å². The average molecular weight is 433 g/mol. The standard InChI is InChI=1S/C22H32N4O5/c1-13(2)18(22(30)31)26-21(29)17(12-15-8-5-4-6-9-15)25-19(27)14(3)24-20(28)16-10-7-11-23-16/h4-6,8-9,13-14,16-18,23H,7,10-12H2,1-3H3,(H,24,28)(H,25,27)(H,26,29)(H,30,31). The van der Waals surface area contributed by atoms with Gasteiger partial charge in [0.25, 0.3) is 0 Å². The maximum atomic E-state index is 12.9. The molecule has 9 heteroatoms. The van der Waals surface area contributed by atoms with E-state index in [2.05, 4.69) is 21.3 Å². The van der Waals surface area contributed by atoms with Gasteiger partial charge in [0.1, 0.15) is 18.1 Å². The van der Waals surface area contributed by atoms with Crippen LogP contribution in [0.5, 0.6) is 0 Å². The summed E-state index contributed by atoms with van der Waals surface area (Å²) in [7, 11) is 0. The molecule has 5 N–H and O–H groups in total. The van der Waals surface area contributed by atoms with Gasteiger partial charge >= 0.3 is 5.97 Å². The second kappa shape index (κ2) is 11.5. The van der Waals surface area contributed by atoms with E-state index in [1.54, 1.807) is 20.8 Å². The zero-order valence-corrected chi connectivity index (χ0v) is 18.2. The minimum atomic E-state index is -1.14. The number of rotatable bonds is 10. The van der Waals surface area contributed by atoms with Crippen molar-refractivity contribution < 1.29 is 24.3 Å². The summed E-state index contributed by atoms with van der Waals surface area (Å²) in [5.41, 5.74) is 0.811. The summed E-state index contributed by atoms with van der Waals surface area (Å²) in [5.74, 6) is -2.83. The van der Waals surface area contributed by atoms with Crippen molar-refractivity contribution in [2.45, 2.75) is 64.2 Å². The molecule has 3 amide bonds. The van der Waals surface area contributed by atoms with Crippen molar-refractivity contribution in [3.8, 4) is 0 Å². The summed E-state index contributed by atoms with van der Waals surface area (Å²) in [5, 5.41) is 20.3. The molecule has 1 aliphatic heterocycles. The molecule has 4 atom stereocenters. The molecule has 0 aliphatic carbocycles. The van der Waals surface area contributed by atoms with Gasteiger partial charge < -0.3 is 26.4 Å². The molecule has 1 aromatic carbocycles. The fourth-order valence-electron chi connectivity index (χ4n) is 3.41. The predicted molar refractivity (Wildman–Crippen MR) is 115 cm³/mol. The third kappa shape index (κ3) is 7.36. The van der Waals surface area contributed by atoms with Crippen LogP contribution in [0.25, 0.3) is 0 Å². The second-order valence-corrected chi connectivity index (χ2v) is 8.20. The van der Waals surface area contributed by atoms with Crippen LogP contribution >= 0.6 is 0 Å². The molecule has 0 saturated carbocycles. The van der Waals surface area contributed by atoms with Gasteiger partial charge in [-0.2, -0.15) is 0 Å².